The van der Waals surface area contributed by atoms with Crippen molar-refractivity contribution in [1.82, 2.24) is 29.7 Å². The van der Waals surface area contributed by atoms with Crippen molar-refractivity contribution < 1.29 is 4.79 Å². The molecule has 3 aromatic heterocycles. The minimum absolute atomic E-state index is 0.402. The zero-order valence-corrected chi connectivity index (χ0v) is 25.1. The molecule has 2 atom stereocenters. The maximum Gasteiger partial charge on any atom is 0.209 e. The van der Waals surface area contributed by atoms with Gasteiger partial charge in [-0.25, -0.2) is 15.0 Å². The van der Waals surface area contributed by atoms with E-state index in [2.05, 4.69) is 58.7 Å². The van der Waals surface area contributed by atoms with Gasteiger partial charge in [-0.15, -0.1) is 6.58 Å². The molecule has 0 bridgehead atoms. The predicted octanol–water partition coefficient (Wildman–Crippen LogP) is 5.84. The first-order valence-electron chi connectivity index (χ1n) is 15.1. The molecule has 42 heavy (non-hydrogen) atoms. The number of allylic oxidation sites excluding steroid dienone is 1. The van der Waals surface area contributed by atoms with Crippen LogP contribution in [0.2, 0.25) is 0 Å². The van der Waals surface area contributed by atoms with E-state index in [4.69, 9.17) is 15.7 Å². The lowest BCUT2D eigenvalue weighted by Crippen LogP contribution is -2.45. The fourth-order valence-electron chi connectivity index (χ4n) is 5.92. The second kappa shape index (κ2) is 13.3. The van der Waals surface area contributed by atoms with Gasteiger partial charge in [0.2, 0.25) is 6.41 Å². The minimum Gasteiger partial charge on any atom is -0.383 e. The largest absolute Gasteiger partial charge is 0.383 e. The van der Waals surface area contributed by atoms with Gasteiger partial charge in [-0.2, -0.15) is 0 Å². The zero-order chi connectivity index (χ0) is 29.6. The Morgan fingerprint density at radius 2 is 1.86 bits per heavy atom. The number of rotatable bonds is 5. The van der Waals surface area contributed by atoms with Crippen LogP contribution in [0.25, 0.3) is 28.2 Å². The number of benzene rings is 1. The first-order valence-corrected chi connectivity index (χ1v) is 15.1. The fourth-order valence-corrected chi connectivity index (χ4v) is 5.92. The number of nitrogens with two attached hydrogens (primary N) is 1. The Bertz CT molecular complexity index is 1540. The molecule has 0 radical (unpaired) electrons. The van der Waals surface area contributed by atoms with E-state index < -0.39 is 0 Å². The highest BCUT2D eigenvalue weighted by Gasteiger charge is 2.27. The SMILES string of the molecule is C=CC.CNC1CCN(C=O)C(C)C1.Nc1ncccc1-c1nc2ccc(C3CC3)nc2n1-c1ccc2c(c1)CCC2. The summed E-state index contributed by atoms with van der Waals surface area (Å²) in [6.07, 6.45) is 12.6. The fraction of sp³-hybridized carbons (Fsp3) is 0.412. The van der Waals surface area contributed by atoms with E-state index in [0.717, 1.165) is 60.5 Å². The Balaban J connectivity index is 0.000000212. The van der Waals surface area contributed by atoms with Gasteiger partial charge in [0.15, 0.2) is 11.5 Å². The molecule has 1 saturated carbocycles. The third-order valence-corrected chi connectivity index (χ3v) is 8.41. The normalized spacial score (nSPS) is 19.3. The first kappa shape index (κ1) is 29.5. The van der Waals surface area contributed by atoms with Crippen molar-refractivity contribution in [2.45, 2.75) is 76.8 Å². The van der Waals surface area contributed by atoms with Crippen LogP contribution < -0.4 is 11.1 Å². The molecule has 220 valence electrons. The van der Waals surface area contributed by atoms with Gasteiger partial charge in [0.25, 0.3) is 0 Å². The summed E-state index contributed by atoms with van der Waals surface area (Å²) < 4.78 is 2.16. The number of aryl methyl sites for hydroxylation is 2. The summed E-state index contributed by atoms with van der Waals surface area (Å²) in [6.45, 7) is 8.24. The lowest BCUT2D eigenvalue weighted by molar-refractivity contribution is -0.121. The van der Waals surface area contributed by atoms with E-state index in [0.29, 0.717) is 23.8 Å². The second-order valence-corrected chi connectivity index (χ2v) is 11.5. The van der Waals surface area contributed by atoms with Crippen LogP contribution in [0.15, 0.2) is 61.3 Å². The number of hydrogen-bond donors (Lipinski definition) is 2. The smallest absolute Gasteiger partial charge is 0.209 e. The quantitative estimate of drug-likeness (QED) is 0.233. The standard InChI is InChI=1S/C23H21N5.C8H16N2O.C3H6/c24-21-18(5-2-12-25-21)22-27-20-11-10-19(15-6-7-15)26-23(20)28(22)17-9-8-14-3-1-4-16(14)13-17;1-7-5-8(9-2)3-4-10(7)6-11;1-3-2/h2,5,8-13,15H,1,3-4,6-7H2,(H2,24,25);6-9H,3-5H2,1-2H3;3H,1H2,2H3. The summed E-state index contributed by atoms with van der Waals surface area (Å²) in [7, 11) is 1.98. The average molecular weight is 566 g/mol. The predicted molar refractivity (Wildman–Crippen MR) is 171 cm³/mol. The Hall–Kier alpha value is -4.04. The van der Waals surface area contributed by atoms with Crippen LogP contribution in [-0.2, 0) is 17.6 Å². The molecule has 2 fully saturated rings. The van der Waals surface area contributed by atoms with E-state index in [-0.39, 0.29) is 0 Å². The molecule has 1 aromatic carbocycles. The van der Waals surface area contributed by atoms with Crippen LogP contribution in [0.5, 0.6) is 0 Å². The first-order chi connectivity index (χ1) is 20.5. The van der Waals surface area contributed by atoms with Crippen LogP contribution in [-0.4, -0.2) is 56.5 Å². The third-order valence-electron chi connectivity index (χ3n) is 8.41. The summed E-state index contributed by atoms with van der Waals surface area (Å²) in [4.78, 5) is 26.6. The lowest BCUT2D eigenvalue weighted by Gasteiger charge is -2.34. The van der Waals surface area contributed by atoms with Crippen molar-refractivity contribution in [3.05, 3.63) is 78.1 Å². The lowest BCUT2D eigenvalue weighted by atomic mass is 9.99. The third kappa shape index (κ3) is 6.39. The number of nitrogens with zero attached hydrogens (tertiary/aromatic N) is 5. The van der Waals surface area contributed by atoms with Crippen molar-refractivity contribution in [3.63, 3.8) is 0 Å². The average Bonchev–Trinajstić information content (AvgIpc) is 3.63. The molecule has 8 heteroatoms. The number of likely N-dealkylation sites (tertiary alicyclic amines) is 1. The number of anilines is 1. The van der Waals surface area contributed by atoms with Crippen LogP contribution in [0.1, 0.15) is 68.7 Å². The van der Waals surface area contributed by atoms with Crippen molar-refractivity contribution in [1.29, 1.82) is 0 Å². The van der Waals surface area contributed by atoms with Gasteiger partial charge in [-0.1, -0.05) is 12.1 Å². The minimum atomic E-state index is 0.402. The highest BCUT2D eigenvalue weighted by Crippen LogP contribution is 2.40. The maximum atomic E-state index is 10.5. The molecule has 4 heterocycles. The second-order valence-electron chi connectivity index (χ2n) is 11.5. The Morgan fingerprint density at radius 1 is 1.07 bits per heavy atom. The number of pyridine rings is 2. The summed E-state index contributed by atoms with van der Waals surface area (Å²) >= 11 is 0. The number of nitrogens with one attached hydrogen (secondary N) is 1. The van der Waals surface area contributed by atoms with E-state index in [9.17, 15) is 4.79 Å². The van der Waals surface area contributed by atoms with Gasteiger partial charge in [-0.3, -0.25) is 9.36 Å². The molecule has 0 spiro atoms. The number of carbonyl (C=O) groups excluding carboxylic acids is 1. The molecule has 7 rings (SSSR count). The summed E-state index contributed by atoms with van der Waals surface area (Å²) in [5.74, 6) is 1.89. The number of carbonyl (C=O) groups is 1. The summed E-state index contributed by atoms with van der Waals surface area (Å²) in [6, 6.07) is 15.8. The number of hydrogen-bond acceptors (Lipinski definition) is 6. The van der Waals surface area contributed by atoms with Gasteiger partial charge >= 0.3 is 0 Å². The number of amides is 1. The number of piperidine rings is 1. The van der Waals surface area contributed by atoms with Crippen LogP contribution in [0, 0.1) is 0 Å². The summed E-state index contributed by atoms with van der Waals surface area (Å²) in [5, 5.41) is 3.24. The Labute approximate surface area is 249 Å². The highest BCUT2D eigenvalue weighted by atomic mass is 16.1. The van der Waals surface area contributed by atoms with Gasteiger partial charge < -0.3 is 16.0 Å². The van der Waals surface area contributed by atoms with Crippen LogP contribution in [0.4, 0.5) is 5.82 Å². The molecule has 1 amide bonds. The molecule has 3 N–H and O–H groups in total. The molecule has 1 aliphatic heterocycles. The van der Waals surface area contributed by atoms with Crippen molar-refractivity contribution in [3.8, 4) is 17.1 Å². The van der Waals surface area contributed by atoms with Gasteiger partial charge in [0.1, 0.15) is 11.3 Å². The summed E-state index contributed by atoms with van der Waals surface area (Å²) in [5.41, 5.74) is 14.0. The molecule has 3 aliphatic rings. The highest BCUT2D eigenvalue weighted by molar-refractivity contribution is 5.83. The van der Waals surface area contributed by atoms with Crippen LogP contribution >= 0.6 is 0 Å². The van der Waals surface area contributed by atoms with Crippen molar-refractivity contribution in [2.24, 2.45) is 0 Å². The van der Waals surface area contributed by atoms with Gasteiger partial charge in [-0.05, 0) is 113 Å². The molecule has 2 unspecified atom stereocenters. The van der Waals surface area contributed by atoms with E-state index in [1.807, 2.05) is 31.0 Å². The number of aromatic nitrogens is 4. The molecule has 1 saturated heterocycles. The molecule has 2 aliphatic carbocycles. The Kier molecular flexibility index (Phi) is 9.32. The number of imidazole rings is 1. The van der Waals surface area contributed by atoms with Gasteiger partial charge in [0, 0.05) is 42.1 Å². The zero-order valence-electron chi connectivity index (χ0n) is 25.1. The van der Waals surface area contributed by atoms with E-state index in [1.54, 1.807) is 12.3 Å². The number of fused-ring (bicyclic) bond motifs is 2. The number of nitrogen functional groups attached to an aromatic ring is 1. The van der Waals surface area contributed by atoms with Crippen molar-refractivity contribution >= 4 is 23.4 Å². The topological polar surface area (TPSA) is 102 Å². The van der Waals surface area contributed by atoms with Gasteiger partial charge in [0.05, 0.1) is 5.56 Å². The molecule has 8 nitrogen and oxygen atoms in total. The maximum absolute atomic E-state index is 10.5. The van der Waals surface area contributed by atoms with E-state index >= 15 is 0 Å². The molecule has 4 aromatic rings. The molecular formula is C34H43N7O. The molecular weight excluding hydrogens is 522 g/mol. The van der Waals surface area contributed by atoms with Crippen LogP contribution in [0.3, 0.4) is 0 Å². The monoisotopic (exact) mass is 565 g/mol. The Morgan fingerprint density at radius 3 is 2.55 bits per heavy atom. The van der Waals surface area contributed by atoms with E-state index in [1.165, 1.54) is 42.5 Å². The van der Waals surface area contributed by atoms with Crippen molar-refractivity contribution in [2.75, 3.05) is 19.3 Å².